The average molecular weight is 350 g/mol. The SMILES string of the molecule is CCc1ncc(-c2cc(-c3cnn(CC4CC4)c3)c(C)nn2)c(OC)n1. The third kappa shape index (κ3) is 3.29. The van der Waals surface area contributed by atoms with Gasteiger partial charge in [-0.1, -0.05) is 6.92 Å². The van der Waals surface area contributed by atoms with Crippen LogP contribution in [0, 0.1) is 12.8 Å². The van der Waals surface area contributed by atoms with Crippen LogP contribution in [0.5, 0.6) is 5.88 Å². The monoisotopic (exact) mass is 350 g/mol. The number of hydrogen-bond donors (Lipinski definition) is 0. The summed E-state index contributed by atoms with van der Waals surface area (Å²) in [5.74, 6) is 2.05. The first kappa shape index (κ1) is 16.6. The summed E-state index contributed by atoms with van der Waals surface area (Å²) in [5.41, 5.74) is 4.36. The Morgan fingerprint density at radius 2 is 2.04 bits per heavy atom. The number of hydrogen-bond acceptors (Lipinski definition) is 6. The molecular weight excluding hydrogens is 328 g/mol. The van der Waals surface area contributed by atoms with Crippen LogP contribution in [0.2, 0.25) is 0 Å². The van der Waals surface area contributed by atoms with Gasteiger partial charge in [0.25, 0.3) is 0 Å². The molecule has 7 nitrogen and oxygen atoms in total. The van der Waals surface area contributed by atoms with Crippen molar-refractivity contribution in [2.75, 3.05) is 7.11 Å². The Hall–Kier alpha value is -2.83. The molecule has 0 N–H and O–H groups in total. The fourth-order valence-corrected chi connectivity index (χ4v) is 2.95. The highest BCUT2D eigenvalue weighted by molar-refractivity contribution is 5.72. The molecule has 1 aliphatic carbocycles. The highest BCUT2D eigenvalue weighted by atomic mass is 16.5. The number of methoxy groups -OCH3 is 1. The molecule has 1 fully saturated rings. The molecule has 0 saturated heterocycles. The van der Waals surface area contributed by atoms with Gasteiger partial charge in [-0.2, -0.15) is 15.2 Å². The summed E-state index contributed by atoms with van der Waals surface area (Å²) in [4.78, 5) is 8.81. The molecule has 0 amide bonds. The quantitative estimate of drug-likeness (QED) is 0.680. The molecule has 0 aliphatic heterocycles. The van der Waals surface area contributed by atoms with Crippen molar-refractivity contribution in [1.29, 1.82) is 0 Å². The number of ether oxygens (including phenoxy) is 1. The summed E-state index contributed by atoms with van der Waals surface area (Å²) in [6.45, 7) is 4.96. The van der Waals surface area contributed by atoms with Crippen molar-refractivity contribution in [3.05, 3.63) is 36.2 Å². The average Bonchev–Trinajstić information content (AvgIpc) is 3.37. The fraction of sp³-hybridized carbons (Fsp3) is 0.421. The van der Waals surface area contributed by atoms with Crippen molar-refractivity contribution < 1.29 is 4.74 Å². The molecule has 3 aromatic rings. The summed E-state index contributed by atoms with van der Waals surface area (Å²) < 4.78 is 7.46. The lowest BCUT2D eigenvalue weighted by Gasteiger charge is -2.09. The molecule has 1 aliphatic rings. The zero-order valence-corrected chi connectivity index (χ0v) is 15.3. The van der Waals surface area contributed by atoms with Gasteiger partial charge in [0, 0.05) is 36.5 Å². The van der Waals surface area contributed by atoms with Crippen LogP contribution in [-0.2, 0) is 13.0 Å². The van der Waals surface area contributed by atoms with Crippen LogP contribution in [0.1, 0.15) is 31.3 Å². The first-order valence-electron chi connectivity index (χ1n) is 8.95. The van der Waals surface area contributed by atoms with Crippen molar-refractivity contribution in [1.82, 2.24) is 29.9 Å². The smallest absolute Gasteiger partial charge is 0.226 e. The van der Waals surface area contributed by atoms with Gasteiger partial charge in [-0.3, -0.25) is 4.68 Å². The van der Waals surface area contributed by atoms with Crippen LogP contribution in [0.15, 0.2) is 24.7 Å². The van der Waals surface area contributed by atoms with E-state index < -0.39 is 0 Å². The van der Waals surface area contributed by atoms with Gasteiger partial charge >= 0.3 is 0 Å². The molecular formula is C19H22N6O. The van der Waals surface area contributed by atoms with E-state index >= 15 is 0 Å². The van der Waals surface area contributed by atoms with Gasteiger partial charge in [0.2, 0.25) is 5.88 Å². The normalized spacial score (nSPS) is 13.8. The van der Waals surface area contributed by atoms with Gasteiger partial charge in [0.1, 0.15) is 11.5 Å². The second kappa shape index (κ2) is 6.82. The largest absolute Gasteiger partial charge is 0.480 e. The van der Waals surface area contributed by atoms with Crippen LogP contribution in [0.4, 0.5) is 0 Å². The van der Waals surface area contributed by atoms with Crippen molar-refractivity contribution in [3.63, 3.8) is 0 Å². The van der Waals surface area contributed by atoms with Gasteiger partial charge < -0.3 is 4.74 Å². The maximum absolute atomic E-state index is 5.44. The first-order valence-corrected chi connectivity index (χ1v) is 8.95. The van der Waals surface area contributed by atoms with Crippen LogP contribution >= 0.6 is 0 Å². The van der Waals surface area contributed by atoms with Crippen molar-refractivity contribution >= 4 is 0 Å². The van der Waals surface area contributed by atoms with Gasteiger partial charge in [-0.25, -0.2) is 4.98 Å². The zero-order chi connectivity index (χ0) is 18.1. The van der Waals surface area contributed by atoms with E-state index in [4.69, 9.17) is 4.74 Å². The van der Waals surface area contributed by atoms with Crippen molar-refractivity contribution in [2.24, 2.45) is 5.92 Å². The number of rotatable bonds is 6. The minimum absolute atomic E-state index is 0.519. The highest BCUT2D eigenvalue weighted by Crippen LogP contribution is 2.32. The molecule has 1 saturated carbocycles. The molecule has 0 atom stereocenters. The summed E-state index contributed by atoms with van der Waals surface area (Å²) in [6.07, 6.45) is 9.10. The molecule has 3 heterocycles. The minimum atomic E-state index is 0.519. The van der Waals surface area contributed by atoms with Crippen LogP contribution in [0.3, 0.4) is 0 Å². The predicted octanol–water partition coefficient (Wildman–Crippen LogP) is 3.09. The number of nitrogens with zero attached hydrogens (tertiary/aromatic N) is 6. The molecule has 134 valence electrons. The molecule has 26 heavy (non-hydrogen) atoms. The second-order valence-corrected chi connectivity index (χ2v) is 6.69. The summed E-state index contributed by atoms with van der Waals surface area (Å²) in [5, 5.41) is 13.2. The van der Waals surface area contributed by atoms with E-state index in [-0.39, 0.29) is 0 Å². The van der Waals surface area contributed by atoms with Gasteiger partial charge in [-0.05, 0) is 31.7 Å². The lowest BCUT2D eigenvalue weighted by atomic mass is 10.1. The van der Waals surface area contributed by atoms with Crippen molar-refractivity contribution in [3.8, 4) is 28.3 Å². The third-order valence-corrected chi connectivity index (χ3v) is 4.65. The molecule has 0 unspecified atom stereocenters. The van der Waals surface area contributed by atoms with Crippen LogP contribution in [-0.4, -0.2) is 37.1 Å². The van der Waals surface area contributed by atoms with Gasteiger partial charge in [-0.15, -0.1) is 5.10 Å². The highest BCUT2D eigenvalue weighted by Gasteiger charge is 2.22. The Morgan fingerprint density at radius 3 is 2.77 bits per heavy atom. The van der Waals surface area contributed by atoms with E-state index in [0.29, 0.717) is 11.6 Å². The Kier molecular flexibility index (Phi) is 4.36. The van der Waals surface area contributed by atoms with Gasteiger partial charge in [0.05, 0.1) is 24.6 Å². The zero-order valence-electron chi connectivity index (χ0n) is 15.3. The topological polar surface area (TPSA) is 78.6 Å². The number of aromatic nitrogens is 6. The summed E-state index contributed by atoms with van der Waals surface area (Å²) >= 11 is 0. The maximum atomic E-state index is 5.44. The Morgan fingerprint density at radius 1 is 1.19 bits per heavy atom. The minimum Gasteiger partial charge on any atom is -0.480 e. The van der Waals surface area contributed by atoms with E-state index in [2.05, 4.69) is 31.5 Å². The maximum Gasteiger partial charge on any atom is 0.226 e. The molecule has 0 bridgehead atoms. The van der Waals surface area contributed by atoms with Gasteiger partial charge in [0.15, 0.2) is 0 Å². The molecule has 0 aromatic carbocycles. The van der Waals surface area contributed by atoms with Crippen LogP contribution in [0.25, 0.3) is 22.4 Å². The summed E-state index contributed by atoms with van der Waals surface area (Å²) in [7, 11) is 1.61. The Labute approximate surface area is 152 Å². The Balaban J connectivity index is 1.71. The first-order chi connectivity index (χ1) is 12.7. The Bertz CT molecular complexity index is 932. The number of aryl methyl sites for hydroxylation is 2. The second-order valence-electron chi connectivity index (χ2n) is 6.69. The van der Waals surface area contributed by atoms with E-state index in [1.165, 1.54) is 12.8 Å². The molecule has 0 spiro atoms. The van der Waals surface area contributed by atoms with E-state index in [9.17, 15) is 0 Å². The molecule has 4 rings (SSSR count). The van der Waals surface area contributed by atoms with E-state index in [0.717, 1.165) is 47.1 Å². The molecule has 3 aromatic heterocycles. The molecule has 0 radical (unpaired) electrons. The van der Waals surface area contributed by atoms with E-state index in [1.807, 2.05) is 30.8 Å². The fourth-order valence-electron chi connectivity index (χ4n) is 2.95. The lowest BCUT2D eigenvalue weighted by Crippen LogP contribution is -2.01. The van der Waals surface area contributed by atoms with Crippen LogP contribution < -0.4 is 4.74 Å². The van der Waals surface area contributed by atoms with Crippen molar-refractivity contribution in [2.45, 2.75) is 39.7 Å². The molecule has 7 heteroatoms. The lowest BCUT2D eigenvalue weighted by molar-refractivity contribution is 0.396. The van der Waals surface area contributed by atoms with E-state index in [1.54, 1.807) is 13.3 Å². The predicted molar refractivity (Wildman–Crippen MR) is 97.7 cm³/mol. The standard InChI is InChI=1S/C19H22N6O/c1-4-18-20-9-16(19(22-18)26-3)17-7-15(12(2)23-24-17)14-8-21-25(11-14)10-13-5-6-13/h7-9,11,13H,4-6,10H2,1-3H3. The third-order valence-electron chi connectivity index (χ3n) is 4.65. The summed E-state index contributed by atoms with van der Waals surface area (Å²) in [6, 6.07) is 2.01.